The Morgan fingerprint density at radius 2 is 2.09 bits per heavy atom. The highest BCUT2D eigenvalue weighted by molar-refractivity contribution is 7.89. The lowest BCUT2D eigenvalue weighted by molar-refractivity contribution is 0.0532. The Morgan fingerprint density at radius 3 is 2.73 bits per heavy atom. The lowest BCUT2D eigenvalue weighted by atomic mass is 10.2. The average molecular weight is 365 g/mol. The lowest BCUT2D eigenvalue weighted by Gasteiger charge is -2.05. The fraction of sp³-hybridized carbons (Fsp3) is 0.308. The smallest absolute Gasteiger partial charge is 0.348 e. The minimum Gasteiger partial charge on any atom is -0.462 e. The van der Waals surface area contributed by atoms with Crippen LogP contribution in [0.25, 0.3) is 10.1 Å². The predicted molar refractivity (Wildman–Crippen MR) is 89.3 cm³/mol. The van der Waals surface area contributed by atoms with Crippen LogP contribution in [-0.4, -0.2) is 34.1 Å². The summed E-state index contributed by atoms with van der Waals surface area (Å²) in [5.74, 6) is -0.399. The molecule has 0 saturated carbocycles. The third kappa shape index (κ3) is 4.17. The van der Waals surface area contributed by atoms with Crippen LogP contribution in [0.15, 0.2) is 29.2 Å². The molecule has 0 aliphatic carbocycles. The molecule has 2 rings (SSSR count). The number of nitrogens with two attached hydrogens (primary N) is 1. The molecule has 0 fully saturated rings. The molecule has 0 aliphatic rings. The first kappa shape index (κ1) is 18.9. The predicted octanol–water partition coefficient (Wildman–Crippen LogP) is 1.74. The van der Waals surface area contributed by atoms with E-state index in [1.807, 2.05) is 0 Å². The molecule has 0 spiro atoms. The Balaban J connectivity index is 0.00000242. The number of carbonyl (C=O) groups excluding carboxylic acids is 1. The first-order valence-corrected chi connectivity index (χ1v) is 8.68. The van der Waals surface area contributed by atoms with Crippen LogP contribution in [0.2, 0.25) is 0 Å². The molecule has 0 amide bonds. The maximum absolute atomic E-state index is 12.0. The number of hydrogen-bond acceptors (Lipinski definition) is 6. The van der Waals surface area contributed by atoms with Crippen LogP contribution < -0.4 is 10.5 Å². The SMILES string of the molecule is CCOC(=O)c1cc2cc(S(=O)(=O)NCCN)ccc2s1.Cl. The van der Waals surface area contributed by atoms with Gasteiger partial charge in [-0.3, -0.25) is 0 Å². The molecule has 9 heteroatoms. The number of ether oxygens (including phenoxy) is 1. The quantitative estimate of drug-likeness (QED) is 0.760. The van der Waals surface area contributed by atoms with Gasteiger partial charge in [0, 0.05) is 17.8 Å². The van der Waals surface area contributed by atoms with Crippen LogP contribution in [0.1, 0.15) is 16.6 Å². The number of benzene rings is 1. The summed E-state index contributed by atoms with van der Waals surface area (Å²) in [6.45, 7) is 2.44. The normalized spacial score (nSPS) is 11.2. The number of rotatable bonds is 6. The van der Waals surface area contributed by atoms with E-state index in [0.29, 0.717) is 16.9 Å². The molecular weight excluding hydrogens is 348 g/mol. The monoisotopic (exact) mass is 364 g/mol. The van der Waals surface area contributed by atoms with Crippen molar-refractivity contribution in [2.45, 2.75) is 11.8 Å². The Hall–Kier alpha value is -1.19. The molecule has 1 aromatic heterocycles. The zero-order valence-electron chi connectivity index (χ0n) is 11.9. The molecule has 0 unspecified atom stereocenters. The molecule has 6 nitrogen and oxygen atoms in total. The molecule has 0 aliphatic heterocycles. The van der Waals surface area contributed by atoms with Gasteiger partial charge in [0.1, 0.15) is 4.88 Å². The van der Waals surface area contributed by atoms with Crippen molar-refractivity contribution in [1.82, 2.24) is 4.72 Å². The van der Waals surface area contributed by atoms with E-state index in [1.165, 1.54) is 23.5 Å². The summed E-state index contributed by atoms with van der Waals surface area (Å²) < 4.78 is 32.2. The Labute approximate surface area is 139 Å². The first-order valence-electron chi connectivity index (χ1n) is 6.38. The summed E-state index contributed by atoms with van der Waals surface area (Å²) in [4.78, 5) is 12.3. The fourth-order valence-electron chi connectivity index (χ4n) is 1.77. The second kappa shape index (κ2) is 7.89. The summed E-state index contributed by atoms with van der Waals surface area (Å²) in [6, 6.07) is 6.36. The first-order chi connectivity index (χ1) is 9.97. The highest BCUT2D eigenvalue weighted by Gasteiger charge is 2.16. The molecule has 0 bridgehead atoms. The summed E-state index contributed by atoms with van der Waals surface area (Å²) in [7, 11) is -3.58. The maximum atomic E-state index is 12.0. The van der Waals surface area contributed by atoms with E-state index in [4.69, 9.17) is 10.5 Å². The van der Waals surface area contributed by atoms with Crippen molar-refractivity contribution in [2.24, 2.45) is 5.73 Å². The van der Waals surface area contributed by atoms with Gasteiger partial charge < -0.3 is 10.5 Å². The molecule has 0 radical (unpaired) electrons. The van der Waals surface area contributed by atoms with Crippen LogP contribution in [0.4, 0.5) is 0 Å². The van der Waals surface area contributed by atoms with Gasteiger partial charge in [-0.25, -0.2) is 17.9 Å². The second-order valence-electron chi connectivity index (χ2n) is 4.22. The number of carbonyl (C=O) groups is 1. The number of fused-ring (bicyclic) bond motifs is 1. The van der Waals surface area contributed by atoms with Crippen LogP contribution in [0.5, 0.6) is 0 Å². The molecule has 3 N–H and O–H groups in total. The van der Waals surface area contributed by atoms with Crippen molar-refractivity contribution in [2.75, 3.05) is 19.7 Å². The summed E-state index contributed by atoms with van der Waals surface area (Å²) in [6.07, 6.45) is 0. The van der Waals surface area contributed by atoms with Crippen molar-refractivity contribution < 1.29 is 17.9 Å². The Morgan fingerprint density at radius 1 is 1.36 bits per heavy atom. The lowest BCUT2D eigenvalue weighted by Crippen LogP contribution is -2.29. The Bertz CT molecular complexity index is 758. The number of sulfonamides is 1. The van der Waals surface area contributed by atoms with E-state index in [0.717, 1.165) is 4.70 Å². The largest absolute Gasteiger partial charge is 0.462 e. The van der Waals surface area contributed by atoms with Gasteiger partial charge in [-0.15, -0.1) is 23.7 Å². The zero-order valence-corrected chi connectivity index (χ0v) is 14.3. The van der Waals surface area contributed by atoms with E-state index in [1.54, 1.807) is 19.1 Å². The van der Waals surface area contributed by atoms with E-state index < -0.39 is 16.0 Å². The molecule has 0 atom stereocenters. The molecule has 22 heavy (non-hydrogen) atoms. The number of hydrogen-bond donors (Lipinski definition) is 2. The zero-order chi connectivity index (χ0) is 15.5. The van der Waals surface area contributed by atoms with Crippen LogP contribution in [-0.2, 0) is 14.8 Å². The fourth-order valence-corrected chi connectivity index (χ4v) is 3.79. The topological polar surface area (TPSA) is 98.5 Å². The third-order valence-electron chi connectivity index (χ3n) is 2.71. The van der Waals surface area contributed by atoms with Gasteiger partial charge in [0.2, 0.25) is 10.0 Å². The summed E-state index contributed by atoms with van der Waals surface area (Å²) >= 11 is 1.27. The van der Waals surface area contributed by atoms with Gasteiger partial charge in [-0.2, -0.15) is 0 Å². The highest BCUT2D eigenvalue weighted by atomic mass is 35.5. The van der Waals surface area contributed by atoms with Gasteiger partial charge >= 0.3 is 5.97 Å². The van der Waals surface area contributed by atoms with Crippen LogP contribution in [0, 0.1) is 0 Å². The van der Waals surface area contributed by atoms with E-state index >= 15 is 0 Å². The number of thiophene rings is 1. The number of halogens is 1. The van der Waals surface area contributed by atoms with Gasteiger partial charge in [0.25, 0.3) is 0 Å². The maximum Gasteiger partial charge on any atom is 0.348 e. The van der Waals surface area contributed by atoms with Gasteiger partial charge in [0.15, 0.2) is 0 Å². The van der Waals surface area contributed by atoms with Crippen molar-refractivity contribution in [3.63, 3.8) is 0 Å². The van der Waals surface area contributed by atoms with Gasteiger partial charge in [-0.1, -0.05) is 0 Å². The van der Waals surface area contributed by atoms with Crippen molar-refractivity contribution in [3.05, 3.63) is 29.1 Å². The molecule has 0 saturated heterocycles. The molecule has 2 aromatic rings. The molecule has 122 valence electrons. The van der Waals surface area contributed by atoms with E-state index in [2.05, 4.69) is 4.72 Å². The minimum atomic E-state index is -3.58. The molecule has 1 aromatic carbocycles. The standard InChI is InChI=1S/C13H16N2O4S2.ClH/c1-2-19-13(16)12-8-9-7-10(3-4-11(9)20-12)21(17,18)15-6-5-14;/h3-4,7-8,15H,2,5-6,14H2,1H3;1H. The average Bonchev–Trinajstić information content (AvgIpc) is 2.88. The third-order valence-corrected chi connectivity index (χ3v) is 5.27. The van der Waals surface area contributed by atoms with Crippen molar-refractivity contribution >= 4 is 49.8 Å². The van der Waals surface area contributed by atoms with Crippen molar-refractivity contribution in [3.8, 4) is 0 Å². The van der Waals surface area contributed by atoms with Gasteiger partial charge in [0.05, 0.1) is 11.5 Å². The Kier molecular flexibility index (Phi) is 6.76. The second-order valence-corrected chi connectivity index (χ2v) is 7.07. The highest BCUT2D eigenvalue weighted by Crippen LogP contribution is 2.28. The minimum absolute atomic E-state index is 0. The van der Waals surface area contributed by atoms with Crippen LogP contribution in [0.3, 0.4) is 0 Å². The number of esters is 1. The van der Waals surface area contributed by atoms with E-state index in [9.17, 15) is 13.2 Å². The number of nitrogens with one attached hydrogen (secondary N) is 1. The molecular formula is C13H17ClN2O4S2. The molecule has 1 heterocycles. The van der Waals surface area contributed by atoms with E-state index in [-0.39, 0.29) is 30.4 Å². The van der Waals surface area contributed by atoms with Crippen molar-refractivity contribution in [1.29, 1.82) is 0 Å². The summed E-state index contributed by atoms with van der Waals surface area (Å²) in [5, 5.41) is 0.693. The summed E-state index contributed by atoms with van der Waals surface area (Å²) in [5.41, 5.74) is 5.29. The van der Waals surface area contributed by atoms with Gasteiger partial charge in [-0.05, 0) is 36.6 Å². The van der Waals surface area contributed by atoms with Crippen LogP contribution >= 0.6 is 23.7 Å².